The third-order valence-electron chi connectivity index (χ3n) is 5.76. The van der Waals surface area contributed by atoms with Gasteiger partial charge in [0.25, 0.3) is 11.1 Å². The van der Waals surface area contributed by atoms with Gasteiger partial charge in [0.15, 0.2) is 0 Å². The minimum Gasteiger partial charge on any atom is -0.267 e. The molecular formula is C26H22N2O2. The lowest BCUT2D eigenvalue weighted by Gasteiger charge is -2.20. The summed E-state index contributed by atoms with van der Waals surface area (Å²) in [5.41, 5.74) is 3.25. The van der Waals surface area contributed by atoms with Gasteiger partial charge in [-0.2, -0.15) is 0 Å². The van der Waals surface area contributed by atoms with Crippen molar-refractivity contribution in [2.75, 3.05) is 0 Å². The number of fused-ring (bicyclic) bond motifs is 4. The molecule has 0 aliphatic rings. The van der Waals surface area contributed by atoms with Crippen molar-refractivity contribution >= 4 is 21.7 Å². The standard InChI is InChI=1S/C26H22N2O2/c1-2-3-13-20-19-14-9-10-17-23(19)27-25(29)21-15-7-8-16-22(21)26(30)28(27)24(20)18-11-5-4-6-12-18/h4-12,14-17H,2-3,13H2,1H3. The van der Waals surface area contributed by atoms with Crippen LogP contribution < -0.4 is 11.1 Å². The van der Waals surface area contributed by atoms with Crippen LogP contribution in [0.5, 0.6) is 0 Å². The average molecular weight is 394 g/mol. The summed E-state index contributed by atoms with van der Waals surface area (Å²) in [6.07, 6.45) is 2.89. The highest BCUT2D eigenvalue weighted by Gasteiger charge is 2.20. The van der Waals surface area contributed by atoms with E-state index in [9.17, 15) is 9.59 Å². The summed E-state index contributed by atoms with van der Waals surface area (Å²) in [7, 11) is 0. The number of nitrogens with zero attached hydrogens (tertiary/aromatic N) is 2. The van der Waals surface area contributed by atoms with Gasteiger partial charge in [0.1, 0.15) is 0 Å². The third kappa shape index (κ3) is 2.68. The van der Waals surface area contributed by atoms with Crippen LogP contribution in [0.25, 0.3) is 32.9 Å². The molecule has 30 heavy (non-hydrogen) atoms. The Kier molecular flexibility index (Phi) is 4.47. The van der Waals surface area contributed by atoms with E-state index in [-0.39, 0.29) is 11.1 Å². The first-order valence-electron chi connectivity index (χ1n) is 10.4. The van der Waals surface area contributed by atoms with Gasteiger partial charge in [0, 0.05) is 10.9 Å². The van der Waals surface area contributed by atoms with Gasteiger partial charge in [-0.15, -0.1) is 0 Å². The maximum atomic E-state index is 13.7. The number of benzene rings is 3. The van der Waals surface area contributed by atoms with Crippen molar-refractivity contribution in [3.63, 3.8) is 0 Å². The third-order valence-corrected chi connectivity index (χ3v) is 5.76. The Balaban J connectivity index is 2.13. The molecule has 0 unspecified atom stereocenters. The largest absolute Gasteiger partial charge is 0.278 e. The molecular weight excluding hydrogens is 372 g/mol. The lowest BCUT2D eigenvalue weighted by atomic mass is 9.97. The molecule has 4 nitrogen and oxygen atoms in total. The average Bonchev–Trinajstić information content (AvgIpc) is 2.80. The van der Waals surface area contributed by atoms with Gasteiger partial charge in [-0.25, -0.2) is 9.03 Å². The molecule has 148 valence electrons. The van der Waals surface area contributed by atoms with E-state index < -0.39 is 0 Å². The number of hydrogen-bond acceptors (Lipinski definition) is 2. The molecule has 5 rings (SSSR count). The van der Waals surface area contributed by atoms with Gasteiger partial charge < -0.3 is 0 Å². The van der Waals surface area contributed by atoms with Gasteiger partial charge in [-0.1, -0.05) is 74.0 Å². The van der Waals surface area contributed by atoms with Crippen LogP contribution >= 0.6 is 0 Å². The molecule has 0 aliphatic carbocycles. The number of aryl methyl sites for hydroxylation is 1. The SMILES string of the molecule is CCCCc1c(-c2ccccc2)n2c(=O)c3ccccc3c(=O)n2c2ccccc12. The maximum absolute atomic E-state index is 13.7. The minimum absolute atomic E-state index is 0.174. The Hall–Kier alpha value is -3.66. The molecule has 0 atom stereocenters. The van der Waals surface area contributed by atoms with Crippen molar-refractivity contribution in [2.24, 2.45) is 0 Å². The molecule has 0 aliphatic heterocycles. The van der Waals surface area contributed by atoms with Crippen LogP contribution in [0.3, 0.4) is 0 Å². The second-order valence-corrected chi connectivity index (χ2v) is 7.59. The van der Waals surface area contributed by atoms with Gasteiger partial charge in [-0.3, -0.25) is 9.59 Å². The van der Waals surface area contributed by atoms with E-state index in [1.807, 2.05) is 54.6 Å². The van der Waals surface area contributed by atoms with Crippen LogP contribution in [0.15, 0.2) is 88.5 Å². The quantitative estimate of drug-likeness (QED) is 0.315. The first kappa shape index (κ1) is 18.4. The van der Waals surface area contributed by atoms with E-state index in [0.717, 1.165) is 47.0 Å². The zero-order chi connectivity index (χ0) is 20.7. The summed E-state index contributed by atoms with van der Waals surface area (Å²) >= 11 is 0. The van der Waals surface area contributed by atoms with E-state index in [2.05, 4.69) is 13.0 Å². The molecule has 3 aromatic carbocycles. The van der Waals surface area contributed by atoms with Gasteiger partial charge in [0.05, 0.1) is 22.0 Å². The van der Waals surface area contributed by atoms with E-state index >= 15 is 0 Å². The molecule has 0 fully saturated rings. The summed E-state index contributed by atoms with van der Waals surface area (Å²) < 4.78 is 3.14. The number of para-hydroxylation sites is 1. The molecule has 0 saturated heterocycles. The zero-order valence-corrected chi connectivity index (χ0v) is 16.8. The predicted octanol–water partition coefficient (Wildman–Crippen LogP) is 5.08. The van der Waals surface area contributed by atoms with Gasteiger partial charge in [0.2, 0.25) is 0 Å². The highest BCUT2D eigenvalue weighted by Crippen LogP contribution is 2.30. The van der Waals surface area contributed by atoms with Crippen molar-refractivity contribution in [2.45, 2.75) is 26.2 Å². The highest BCUT2D eigenvalue weighted by molar-refractivity contribution is 5.89. The predicted molar refractivity (Wildman–Crippen MR) is 122 cm³/mol. The molecule has 0 amide bonds. The number of rotatable bonds is 4. The Morgan fingerprint density at radius 3 is 1.90 bits per heavy atom. The maximum Gasteiger partial charge on any atom is 0.278 e. The van der Waals surface area contributed by atoms with E-state index in [1.54, 1.807) is 27.2 Å². The fourth-order valence-corrected chi connectivity index (χ4v) is 4.35. The van der Waals surface area contributed by atoms with Crippen molar-refractivity contribution < 1.29 is 0 Å². The summed E-state index contributed by atoms with van der Waals surface area (Å²) in [6.45, 7) is 2.16. The van der Waals surface area contributed by atoms with Crippen LogP contribution in [0, 0.1) is 0 Å². The highest BCUT2D eigenvalue weighted by atomic mass is 16.2. The van der Waals surface area contributed by atoms with Crippen molar-refractivity contribution in [3.05, 3.63) is 105 Å². The second-order valence-electron chi connectivity index (χ2n) is 7.59. The smallest absolute Gasteiger partial charge is 0.267 e. The summed E-state index contributed by atoms with van der Waals surface area (Å²) in [4.78, 5) is 27.3. The van der Waals surface area contributed by atoms with Crippen LogP contribution in [-0.4, -0.2) is 9.03 Å². The molecule has 4 heteroatoms. The second kappa shape index (κ2) is 7.30. The number of hydrogen-bond donors (Lipinski definition) is 0. The topological polar surface area (TPSA) is 43.0 Å². The summed E-state index contributed by atoms with van der Waals surface area (Å²) in [6, 6.07) is 24.9. The molecule has 0 saturated carbocycles. The van der Waals surface area contributed by atoms with Crippen LogP contribution in [-0.2, 0) is 6.42 Å². The molecule has 0 spiro atoms. The van der Waals surface area contributed by atoms with Crippen molar-refractivity contribution in [1.82, 2.24) is 9.03 Å². The summed E-state index contributed by atoms with van der Waals surface area (Å²) in [5, 5.41) is 1.90. The molecule has 2 aromatic heterocycles. The lowest BCUT2D eigenvalue weighted by molar-refractivity contribution is 0.750. The monoisotopic (exact) mass is 394 g/mol. The Morgan fingerprint density at radius 1 is 0.667 bits per heavy atom. The molecule has 0 bridgehead atoms. The fourth-order valence-electron chi connectivity index (χ4n) is 4.35. The number of aromatic nitrogens is 2. The van der Waals surface area contributed by atoms with Crippen LogP contribution in [0.1, 0.15) is 25.3 Å². The molecule has 5 aromatic rings. The molecule has 0 N–H and O–H groups in total. The first-order valence-corrected chi connectivity index (χ1v) is 10.4. The molecule has 0 radical (unpaired) electrons. The van der Waals surface area contributed by atoms with Gasteiger partial charge in [-0.05, 0) is 36.6 Å². The first-order chi connectivity index (χ1) is 14.7. The molecule has 2 heterocycles. The van der Waals surface area contributed by atoms with Crippen LogP contribution in [0.4, 0.5) is 0 Å². The zero-order valence-electron chi connectivity index (χ0n) is 16.8. The summed E-state index contributed by atoms with van der Waals surface area (Å²) in [5.74, 6) is 0. The van der Waals surface area contributed by atoms with Crippen LogP contribution in [0.2, 0.25) is 0 Å². The van der Waals surface area contributed by atoms with E-state index in [4.69, 9.17) is 0 Å². The number of unbranched alkanes of at least 4 members (excludes halogenated alkanes) is 1. The van der Waals surface area contributed by atoms with Crippen molar-refractivity contribution in [3.8, 4) is 11.3 Å². The Bertz CT molecular complexity index is 1510. The van der Waals surface area contributed by atoms with Gasteiger partial charge >= 0.3 is 0 Å². The Labute approximate surface area is 173 Å². The van der Waals surface area contributed by atoms with E-state index in [0.29, 0.717) is 10.8 Å². The van der Waals surface area contributed by atoms with E-state index in [1.165, 1.54) is 0 Å². The lowest BCUT2D eigenvalue weighted by Crippen LogP contribution is -2.32. The minimum atomic E-state index is -0.180. The fraction of sp³-hybridized carbons (Fsp3) is 0.154. The normalized spacial score (nSPS) is 11.5. The van der Waals surface area contributed by atoms with Crippen molar-refractivity contribution in [1.29, 1.82) is 0 Å². The Morgan fingerprint density at radius 2 is 1.23 bits per heavy atom.